The highest BCUT2D eigenvalue weighted by Gasteiger charge is 2.24. The Labute approximate surface area is 219 Å². The number of nitriles is 1. The summed E-state index contributed by atoms with van der Waals surface area (Å²) in [6, 6.07) is 16.2. The highest BCUT2D eigenvalue weighted by atomic mass is 32.2. The Morgan fingerprint density at radius 2 is 1.92 bits per heavy atom. The van der Waals surface area contributed by atoms with Crippen LogP contribution in [0.5, 0.6) is 0 Å². The first-order valence-corrected chi connectivity index (χ1v) is 14.0. The highest BCUT2D eigenvalue weighted by Crippen LogP contribution is 2.26. The number of rotatable bonds is 11. The molecule has 2 N–H and O–H groups in total. The van der Waals surface area contributed by atoms with Crippen LogP contribution in [0.4, 0.5) is 0 Å². The van der Waals surface area contributed by atoms with Gasteiger partial charge < -0.3 is 10.6 Å². The minimum absolute atomic E-state index is 0.224. The molecule has 0 saturated heterocycles. The number of benzene rings is 2. The van der Waals surface area contributed by atoms with Crippen molar-refractivity contribution >= 4 is 44.2 Å². The normalized spacial score (nSPS) is 12.9. The molecule has 7 nitrogen and oxygen atoms in total. The van der Waals surface area contributed by atoms with Gasteiger partial charge in [0.1, 0.15) is 17.7 Å². The quantitative estimate of drug-likeness (QED) is 0.221. The summed E-state index contributed by atoms with van der Waals surface area (Å²) < 4.78 is 15.5. The Morgan fingerprint density at radius 3 is 2.64 bits per heavy atom. The van der Waals surface area contributed by atoms with Crippen molar-refractivity contribution in [1.82, 2.24) is 14.9 Å². The van der Waals surface area contributed by atoms with Crippen LogP contribution < -0.4 is 10.6 Å². The van der Waals surface area contributed by atoms with Crippen LogP contribution in [-0.2, 0) is 20.0 Å². The molecule has 2 aromatic carbocycles. The number of hydrogen-bond acceptors (Lipinski definition) is 5. The first-order chi connectivity index (χ1) is 17.2. The Bertz CT molecular complexity index is 1300. The lowest BCUT2D eigenvalue weighted by Gasteiger charge is -2.20. The minimum Gasteiger partial charge on any atom is -0.354 e. The molecule has 2 amide bonds. The van der Waals surface area contributed by atoms with E-state index >= 15 is 0 Å². The Kier molecular flexibility index (Phi) is 9.76. The molecule has 1 aromatic heterocycles. The summed E-state index contributed by atoms with van der Waals surface area (Å²) in [5.74, 6) is -0.250. The zero-order valence-corrected chi connectivity index (χ0v) is 22.8. The lowest BCUT2D eigenvalue weighted by atomic mass is 10.0. The summed E-state index contributed by atoms with van der Waals surface area (Å²) >= 11 is 1.42. The molecule has 0 bridgehead atoms. The van der Waals surface area contributed by atoms with Gasteiger partial charge in [0.15, 0.2) is 15.9 Å². The smallest absolute Gasteiger partial charge is 0.262 e. The second-order valence-electron chi connectivity index (χ2n) is 9.24. The van der Waals surface area contributed by atoms with Gasteiger partial charge in [0.05, 0.1) is 4.88 Å². The fourth-order valence-corrected chi connectivity index (χ4v) is 6.04. The molecule has 0 aliphatic rings. The molecule has 1 unspecified atom stereocenters. The summed E-state index contributed by atoms with van der Waals surface area (Å²) in [6.07, 6.45) is 1.11. The summed E-state index contributed by atoms with van der Waals surface area (Å²) in [7, 11) is -0.137. The number of thiol groups is 1. The molecule has 1 heterocycles. The maximum atomic E-state index is 12.9. The van der Waals surface area contributed by atoms with E-state index in [0.29, 0.717) is 41.3 Å². The number of fused-ring (bicyclic) bond motifs is 1. The van der Waals surface area contributed by atoms with E-state index in [4.69, 9.17) is 0 Å². The molecule has 0 fully saturated rings. The van der Waals surface area contributed by atoms with Crippen LogP contribution in [0.25, 0.3) is 10.1 Å². The molecule has 0 aliphatic heterocycles. The molecule has 0 saturated carbocycles. The van der Waals surface area contributed by atoms with Crippen LogP contribution in [0.1, 0.15) is 47.5 Å². The Hall–Kier alpha value is -3.06. The summed E-state index contributed by atoms with van der Waals surface area (Å²) in [5.41, 5.74) is 1.54. The molecule has 0 spiro atoms. The number of nitrogens with zero attached hydrogens (tertiary/aromatic N) is 2. The van der Waals surface area contributed by atoms with E-state index in [2.05, 4.69) is 16.7 Å². The van der Waals surface area contributed by atoms with Crippen LogP contribution in [0.2, 0.25) is 0 Å². The van der Waals surface area contributed by atoms with Crippen LogP contribution >= 0.6 is 11.3 Å². The number of carbonyl (C=O) groups excluding carboxylic acids is 2. The second-order valence-corrected chi connectivity index (χ2v) is 12.0. The van der Waals surface area contributed by atoms with E-state index in [1.54, 1.807) is 35.6 Å². The zero-order chi connectivity index (χ0) is 26.2. The van der Waals surface area contributed by atoms with Gasteiger partial charge in [0.2, 0.25) is 5.91 Å². The van der Waals surface area contributed by atoms with Crippen molar-refractivity contribution in [3.8, 4) is 6.07 Å². The Morgan fingerprint density at radius 1 is 1.17 bits per heavy atom. The van der Waals surface area contributed by atoms with Crippen molar-refractivity contribution in [2.75, 3.05) is 20.1 Å². The first-order valence-electron chi connectivity index (χ1n) is 12.0. The van der Waals surface area contributed by atoms with E-state index in [1.807, 2.05) is 45.0 Å². The third-order valence-electron chi connectivity index (χ3n) is 5.72. The topological polar surface area (TPSA) is 102 Å². The predicted octanol–water partition coefficient (Wildman–Crippen LogP) is 4.33. The molecule has 3 rings (SSSR count). The summed E-state index contributed by atoms with van der Waals surface area (Å²) in [6.45, 7) is 6.91. The largest absolute Gasteiger partial charge is 0.354 e. The fourth-order valence-electron chi connectivity index (χ4n) is 3.86. The molecular weight excluding hydrogens is 492 g/mol. The number of thiophene rings is 1. The van der Waals surface area contributed by atoms with Crippen molar-refractivity contribution in [3.05, 3.63) is 64.5 Å². The van der Waals surface area contributed by atoms with Crippen molar-refractivity contribution in [1.29, 1.82) is 5.26 Å². The number of carbonyl (C=O) groups is 2. The van der Waals surface area contributed by atoms with Crippen LogP contribution in [-0.4, -0.2) is 42.3 Å². The molecule has 0 radical (unpaired) electrons. The van der Waals surface area contributed by atoms with E-state index < -0.39 is 17.0 Å². The molecule has 36 heavy (non-hydrogen) atoms. The van der Waals surface area contributed by atoms with Crippen molar-refractivity contribution in [3.63, 3.8) is 0 Å². The maximum Gasteiger partial charge on any atom is 0.262 e. The Balaban J connectivity index is 1.54. The van der Waals surface area contributed by atoms with Gasteiger partial charge in [-0.15, -0.1) is 15.6 Å². The number of hydrogen-bond donors (Lipinski definition) is 2. The number of amides is 2. The van der Waals surface area contributed by atoms with Crippen LogP contribution in [0.3, 0.4) is 0 Å². The minimum atomic E-state index is -1.88. The molecule has 0 aliphatic carbocycles. The predicted molar refractivity (Wildman–Crippen MR) is 146 cm³/mol. The molecule has 9 heteroatoms. The van der Waals surface area contributed by atoms with Gasteiger partial charge >= 0.3 is 0 Å². The SMILES string of the molecule is Cc1ccc2sc(C(=O)N[C@@H](CC(C)C)C(=O)NCCCN(C)[SH+](=O)c3ccccc3C#N)cc2c1. The van der Waals surface area contributed by atoms with E-state index in [9.17, 15) is 19.1 Å². The van der Waals surface area contributed by atoms with Gasteiger partial charge in [0, 0.05) is 24.8 Å². The van der Waals surface area contributed by atoms with Gasteiger partial charge in [-0.2, -0.15) is 5.26 Å². The highest BCUT2D eigenvalue weighted by molar-refractivity contribution is 7.82. The zero-order valence-electron chi connectivity index (χ0n) is 21.1. The number of aryl methyl sites for hydroxylation is 1. The summed E-state index contributed by atoms with van der Waals surface area (Å²) in [5, 5.41) is 16.1. The van der Waals surface area contributed by atoms with Gasteiger partial charge in [0.25, 0.3) is 5.91 Å². The third-order valence-corrected chi connectivity index (χ3v) is 8.46. The monoisotopic (exact) mass is 525 g/mol. The van der Waals surface area contributed by atoms with Gasteiger partial charge in [-0.05, 0) is 55.3 Å². The van der Waals surface area contributed by atoms with Gasteiger partial charge in [-0.1, -0.05) is 47.9 Å². The first kappa shape index (κ1) is 27.5. The van der Waals surface area contributed by atoms with Crippen LogP contribution in [0.15, 0.2) is 53.4 Å². The summed E-state index contributed by atoms with van der Waals surface area (Å²) in [4.78, 5) is 26.9. The molecule has 3 aromatic rings. The van der Waals surface area contributed by atoms with Crippen molar-refractivity contribution < 1.29 is 13.8 Å². The lowest BCUT2D eigenvalue weighted by Crippen LogP contribution is -2.47. The van der Waals surface area contributed by atoms with Crippen molar-refractivity contribution in [2.45, 2.75) is 44.6 Å². The van der Waals surface area contributed by atoms with Crippen molar-refractivity contribution in [2.24, 2.45) is 5.92 Å². The average molecular weight is 526 g/mol. The maximum absolute atomic E-state index is 12.9. The third kappa shape index (κ3) is 7.23. The van der Waals surface area contributed by atoms with E-state index in [-0.39, 0.29) is 17.7 Å². The van der Waals surface area contributed by atoms with Gasteiger partial charge in [-0.3, -0.25) is 9.59 Å². The lowest BCUT2D eigenvalue weighted by molar-refractivity contribution is -0.123. The van der Waals surface area contributed by atoms with Crippen LogP contribution in [0, 0.1) is 24.2 Å². The standard InChI is InChI=1S/C27H32N4O3S2/c1-18(2)14-22(30-27(33)24-16-21-15-19(3)10-11-23(21)35-24)26(32)29-12-7-13-31(4)36(34)25-9-6-5-8-20(25)17-28/h5-6,8-11,15-16,18,22H,7,12-14H2,1-4H3,(H,29,32)(H,30,33)/p+1/t22-,36?/m0/s1. The van der Waals surface area contributed by atoms with Gasteiger partial charge in [-0.25, -0.2) is 0 Å². The second kappa shape index (κ2) is 12.8. The number of nitrogens with one attached hydrogen (secondary N) is 2. The molecule has 190 valence electrons. The average Bonchev–Trinajstić information content (AvgIpc) is 3.28. The molecular formula is C27H33N4O3S2+. The van der Waals surface area contributed by atoms with E-state index in [0.717, 1.165) is 15.6 Å². The molecule has 2 atom stereocenters. The van der Waals surface area contributed by atoms with E-state index in [1.165, 1.54) is 11.3 Å². The fraction of sp³-hybridized carbons (Fsp3) is 0.370.